The average Bonchev–Trinajstić information content (AvgIpc) is 3.23. The van der Waals surface area contributed by atoms with Gasteiger partial charge >= 0.3 is 0 Å². The molecule has 0 radical (unpaired) electrons. The third-order valence-corrected chi connectivity index (χ3v) is 3.79. The Balaban J connectivity index is 1.65. The van der Waals surface area contributed by atoms with Gasteiger partial charge < -0.3 is 14.5 Å². The van der Waals surface area contributed by atoms with Gasteiger partial charge in [0.25, 0.3) is 5.91 Å². The van der Waals surface area contributed by atoms with Crippen LogP contribution in [0.4, 0.5) is 0 Å². The van der Waals surface area contributed by atoms with E-state index in [1.54, 1.807) is 18.2 Å². The monoisotopic (exact) mass is 358 g/mol. The Morgan fingerprint density at radius 1 is 1.11 bits per heavy atom. The predicted molar refractivity (Wildman–Crippen MR) is 101 cm³/mol. The van der Waals surface area contributed by atoms with E-state index in [1.165, 1.54) is 12.3 Å². The summed E-state index contributed by atoms with van der Waals surface area (Å²) in [6.45, 7) is 0.674. The summed E-state index contributed by atoms with van der Waals surface area (Å²) in [5.74, 6) is 0.836. The Morgan fingerprint density at radius 3 is 2.70 bits per heavy atom. The SMILES string of the molecule is N#CC(=Cc1cccc(OCc2ccccc2)c1)C(=O)NCc1ccco1. The maximum atomic E-state index is 12.2. The Bertz CT molecular complexity index is 955. The fourth-order valence-electron chi connectivity index (χ4n) is 2.43. The van der Waals surface area contributed by atoms with E-state index in [0.29, 0.717) is 23.7 Å². The van der Waals surface area contributed by atoms with Gasteiger partial charge in [-0.3, -0.25) is 4.79 Å². The molecule has 1 aromatic heterocycles. The van der Waals surface area contributed by atoms with Crippen LogP contribution in [0.15, 0.2) is 83.0 Å². The van der Waals surface area contributed by atoms with Crippen LogP contribution in [-0.2, 0) is 17.9 Å². The molecule has 2 aromatic carbocycles. The molecule has 27 heavy (non-hydrogen) atoms. The van der Waals surface area contributed by atoms with Crippen molar-refractivity contribution in [2.75, 3.05) is 0 Å². The van der Waals surface area contributed by atoms with Crippen molar-refractivity contribution in [2.45, 2.75) is 13.2 Å². The van der Waals surface area contributed by atoms with Gasteiger partial charge in [-0.2, -0.15) is 5.26 Å². The zero-order valence-electron chi connectivity index (χ0n) is 14.6. The summed E-state index contributed by atoms with van der Waals surface area (Å²) in [6, 6.07) is 22.5. The standard InChI is InChI=1S/C22H18N2O3/c23-14-19(22(25)24-15-21-10-5-11-26-21)12-18-8-4-9-20(13-18)27-16-17-6-2-1-3-7-17/h1-13H,15-16H2,(H,24,25). The molecule has 5 nitrogen and oxygen atoms in total. The van der Waals surface area contributed by atoms with Crippen molar-refractivity contribution in [2.24, 2.45) is 0 Å². The summed E-state index contributed by atoms with van der Waals surface area (Å²) < 4.78 is 10.9. The van der Waals surface area contributed by atoms with Gasteiger partial charge in [-0.25, -0.2) is 0 Å². The van der Waals surface area contributed by atoms with Crippen molar-refractivity contribution < 1.29 is 13.9 Å². The topological polar surface area (TPSA) is 75.3 Å². The van der Waals surface area contributed by atoms with Gasteiger partial charge in [0.05, 0.1) is 12.8 Å². The molecule has 1 heterocycles. The lowest BCUT2D eigenvalue weighted by Crippen LogP contribution is -2.23. The molecule has 0 fully saturated rings. The predicted octanol–water partition coefficient (Wildman–Crippen LogP) is 4.08. The first-order valence-corrected chi connectivity index (χ1v) is 8.44. The van der Waals surface area contributed by atoms with Crippen LogP contribution in [0.5, 0.6) is 5.75 Å². The van der Waals surface area contributed by atoms with E-state index in [1.807, 2.05) is 54.6 Å². The lowest BCUT2D eigenvalue weighted by atomic mass is 10.1. The zero-order valence-corrected chi connectivity index (χ0v) is 14.6. The summed E-state index contributed by atoms with van der Waals surface area (Å²) in [6.07, 6.45) is 3.07. The molecule has 3 aromatic rings. The number of benzene rings is 2. The van der Waals surface area contributed by atoms with Crippen molar-refractivity contribution in [1.29, 1.82) is 5.26 Å². The Labute approximate surface area is 157 Å². The van der Waals surface area contributed by atoms with Crippen LogP contribution in [0.25, 0.3) is 6.08 Å². The Morgan fingerprint density at radius 2 is 1.96 bits per heavy atom. The number of rotatable bonds is 7. The minimum absolute atomic E-state index is 0.0155. The molecule has 5 heteroatoms. The third-order valence-electron chi connectivity index (χ3n) is 3.79. The second kappa shape index (κ2) is 9.07. The average molecular weight is 358 g/mol. The van der Waals surface area contributed by atoms with Crippen LogP contribution in [-0.4, -0.2) is 5.91 Å². The molecule has 0 bridgehead atoms. The molecule has 3 rings (SSSR count). The first kappa shape index (κ1) is 18.0. The number of nitrogens with one attached hydrogen (secondary N) is 1. The first-order chi connectivity index (χ1) is 13.2. The lowest BCUT2D eigenvalue weighted by Gasteiger charge is -2.07. The molecule has 0 spiro atoms. The minimum Gasteiger partial charge on any atom is -0.489 e. The number of ether oxygens (including phenoxy) is 1. The Hall–Kier alpha value is -3.78. The number of nitrogens with zero attached hydrogens (tertiary/aromatic N) is 1. The van der Waals surface area contributed by atoms with Crippen molar-refractivity contribution >= 4 is 12.0 Å². The van der Waals surface area contributed by atoms with Crippen LogP contribution in [0.2, 0.25) is 0 Å². The van der Waals surface area contributed by atoms with E-state index in [4.69, 9.17) is 9.15 Å². The summed E-state index contributed by atoms with van der Waals surface area (Å²) in [7, 11) is 0. The highest BCUT2D eigenvalue weighted by Crippen LogP contribution is 2.17. The molecule has 0 aliphatic carbocycles. The maximum absolute atomic E-state index is 12.2. The lowest BCUT2D eigenvalue weighted by molar-refractivity contribution is -0.117. The number of carbonyl (C=O) groups is 1. The molecule has 0 saturated heterocycles. The van der Waals surface area contributed by atoms with Gasteiger partial charge in [-0.15, -0.1) is 0 Å². The van der Waals surface area contributed by atoms with Gasteiger partial charge in [0, 0.05) is 0 Å². The molecular weight excluding hydrogens is 340 g/mol. The van der Waals surface area contributed by atoms with Crippen LogP contribution in [0.3, 0.4) is 0 Å². The van der Waals surface area contributed by atoms with Gasteiger partial charge in [0.15, 0.2) is 0 Å². The third kappa shape index (κ3) is 5.35. The number of nitriles is 1. The first-order valence-electron chi connectivity index (χ1n) is 8.44. The van der Waals surface area contributed by atoms with Crippen molar-refractivity contribution in [3.63, 3.8) is 0 Å². The molecule has 134 valence electrons. The summed E-state index contributed by atoms with van der Waals surface area (Å²) in [5, 5.41) is 12.0. The van der Waals surface area contributed by atoms with E-state index in [2.05, 4.69) is 5.32 Å². The fourth-order valence-corrected chi connectivity index (χ4v) is 2.43. The molecule has 0 saturated carbocycles. The van der Waals surface area contributed by atoms with Gasteiger partial charge in [0.2, 0.25) is 0 Å². The minimum atomic E-state index is -0.454. The maximum Gasteiger partial charge on any atom is 0.262 e. The molecule has 1 amide bonds. The molecular formula is C22H18N2O3. The Kier molecular flexibility index (Phi) is 6.05. The van der Waals surface area contributed by atoms with Crippen LogP contribution in [0.1, 0.15) is 16.9 Å². The van der Waals surface area contributed by atoms with Gasteiger partial charge in [0.1, 0.15) is 29.8 Å². The van der Waals surface area contributed by atoms with Gasteiger partial charge in [-0.1, -0.05) is 42.5 Å². The van der Waals surface area contributed by atoms with E-state index < -0.39 is 5.91 Å². The number of furan rings is 1. The highest BCUT2D eigenvalue weighted by molar-refractivity contribution is 6.01. The fraction of sp³-hybridized carbons (Fsp3) is 0.0909. The second-order valence-corrected chi connectivity index (χ2v) is 5.78. The van der Waals surface area contributed by atoms with Crippen LogP contribution in [0, 0.1) is 11.3 Å². The van der Waals surface area contributed by atoms with E-state index in [0.717, 1.165) is 5.56 Å². The van der Waals surface area contributed by atoms with Crippen LogP contribution >= 0.6 is 0 Å². The largest absolute Gasteiger partial charge is 0.489 e. The summed E-state index contributed by atoms with van der Waals surface area (Å²) >= 11 is 0. The second-order valence-electron chi connectivity index (χ2n) is 5.78. The van der Waals surface area contributed by atoms with Crippen molar-refractivity contribution in [3.8, 4) is 11.8 Å². The molecule has 0 aliphatic rings. The van der Waals surface area contributed by atoms with E-state index in [-0.39, 0.29) is 12.1 Å². The number of hydrogen-bond acceptors (Lipinski definition) is 4. The van der Waals surface area contributed by atoms with Crippen molar-refractivity contribution in [1.82, 2.24) is 5.32 Å². The number of hydrogen-bond donors (Lipinski definition) is 1. The molecule has 0 aliphatic heterocycles. The molecule has 0 unspecified atom stereocenters. The van der Waals surface area contributed by atoms with E-state index in [9.17, 15) is 10.1 Å². The quantitative estimate of drug-likeness (QED) is 0.510. The highest BCUT2D eigenvalue weighted by atomic mass is 16.5. The molecule has 0 atom stereocenters. The van der Waals surface area contributed by atoms with Gasteiger partial charge in [-0.05, 0) is 41.5 Å². The van der Waals surface area contributed by atoms with E-state index >= 15 is 0 Å². The molecule has 1 N–H and O–H groups in total. The van der Waals surface area contributed by atoms with Crippen LogP contribution < -0.4 is 10.1 Å². The number of amides is 1. The van der Waals surface area contributed by atoms with Crippen molar-refractivity contribution in [3.05, 3.63) is 95.5 Å². The summed E-state index contributed by atoms with van der Waals surface area (Å²) in [5.41, 5.74) is 1.79. The smallest absolute Gasteiger partial charge is 0.262 e. The highest BCUT2D eigenvalue weighted by Gasteiger charge is 2.09. The normalized spacial score (nSPS) is 10.9. The number of carbonyl (C=O) groups excluding carboxylic acids is 1. The summed E-state index contributed by atoms with van der Waals surface area (Å²) in [4.78, 5) is 12.2. The zero-order chi connectivity index (χ0) is 18.9.